The Kier molecular flexibility index (Phi) is 2.36. The maximum Gasteiger partial charge on any atom is 0.342 e. The Hall–Kier alpha value is -1.56. The van der Waals surface area contributed by atoms with Crippen molar-refractivity contribution < 1.29 is 9.53 Å². The first-order chi connectivity index (χ1) is 7.15. The van der Waals surface area contributed by atoms with Gasteiger partial charge in [0.05, 0.1) is 24.5 Å². The number of pyridine rings is 1. The molecule has 0 aliphatic carbocycles. The van der Waals surface area contributed by atoms with E-state index in [9.17, 15) is 4.79 Å². The van der Waals surface area contributed by atoms with Gasteiger partial charge in [0, 0.05) is 0 Å². The fourth-order valence-corrected chi connectivity index (χ4v) is 1.93. The maximum absolute atomic E-state index is 11.5. The standard InChI is InChI=1S/C9H8BrN3O2/c1-15-9(14)8-5(11)4-7(10)13-6(8)2-3-12-13/h2-4H,11H2,1H3. The van der Waals surface area contributed by atoms with E-state index in [0.717, 1.165) is 0 Å². The molecule has 5 nitrogen and oxygen atoms in total. The van der Waals surface area contributed by atoms with Gasteiger partial charge in [0.15, 0.2) is 0 Å². The fourth-order valence-electron chi connectivity index (χ4n) is 1.40. The molecule has 0 atom stereocenters. The average molecular weight is 270 g/mol. The predicted octanol–water partition coefficient (Wildman–Crippen LogP) is 1.47. The Bertz CT molecular complexity index is 535. The molecule has 2 heterocycles. The molecule has 0 aliphatic heterocycles. The average Bonchev–Trinajstić information content (AvgIpc) is 2.66. The van der Waals surface area contributed by atoms with Gasteiger partial charge in [-0.05, 0) is 28.1 Å². The maximum atomic E-state index is 11.5. The summed E-state index contributed by atoms with van der Waals surface area (Å²) in [6.07, 6.45) is 1.59. The molecule has 2 rings (SSSR count). The number of nitrogens with zero attached hydrogens (tertiary/aromatic N) is 2. The van der Waals surface area contributed by atoms with Gasteiger partial charge in [0.2, 0.25) is 0 Å². The molecule has 0 radical (unpaired) electrons. The highest BCUT2D eigenvalue weighted by molar-refractivity contribution is 9.10. The number of methoxy groups -OCH3 is 1. The van der Waals surface area contributed by atoms with Crippen molar-refractivity contribution in [3.63, 3.8) is 0 Å². The molecule has 6 heteroatoms. The number of hydrogen-bond acceptors (Lipinski definition) is 4. The normalized spacial score (nSPS) is 10.5. The highest BCUT2D eigenvalue weighted by Crippen LogP contribution is 2.24. The van der Waals surface area contributed by atoms with Crippen molar-refractivity contribution in [1.82, 2.24) is 9.61 Å². The summed E-state index contributed by atoms with van der Waals surface area (Å²) in [6.45, 7) is 0. The molecular weight excluding hydrogens is 262 g/mol. The van der Waals surface area contributed by atoms with Gasteiger partial charge < -0.3 is 10.5 Å². The van der Waals surface area contributed by atoms with Crippen LogP contribution in [-0.2, 0) is 4.74 Å². The summed E-state index contributed by atoms with van der Waals surface area (Å²) in [5.41, 5.74) is 7.06. The SMILES string of the molecule is COC(=O)c1c(N)cc(Br)n2nccc12. The summed E-state index contributed by atoms with van der Waals surface area (Å²) in [5.74, 6) is -0.467. The summed E-state index contributed by atoms with van der Waals surface area (Å²) in [6, 6.07) is 3.32. The lowest BCUT2D eigenvalue weighted by molar-refractivity contribution is 0.0603. The zero-order chi connectivity index (χ0) is 11.0. The molecule has 2 aromatic rings. The number of halogens is 1. The predicted molar refractivity (Wildman–Crippen MR) is 58.6 cm³/mol. The van der Waals surface area contributed by atoms with Gasteiger partial charge in [0.1, 0.15) is 10.2 Å². The number of nitrogens with two attached hydrogens (primary N) is 1. The minimum absolute atomic E-state index is 0.332. The van der Waals surface area contributed by atoms with Crippen molar-refractivity contribution in [2.24, 2.45) is 0 Å². The van der Waals surface area contributed by atoms with E-state index in [1.807, 2.05) is 0 Å². The molecule has 2 aromatic heterocycles. The van der Waals surface area contributed by atoms with E-state index in [1.54, 1.807) is 22.8 Å². The van der Waals surface area contributed by atoms with Gasteiger partial charge in [-0.15, -0.1) is 0 Å². The van der Waals surface area contributed by atoms with Crippen molar-refractivity contribution in [1.29, 1.82) is 0 Å². The summed E-state index contributed by atoms with van der Waals surface area (Å²) >= 11 is 3.30. The molecule has 0 aliphatic rings. The van der Waals surface area contributed by atoms with E-state index in [1.165, 1.54) is 7.11 Å². The number of nitrogen functional groups attached to an aromatic ring is 1. The van der Waals surface area contributed by atoms with Crippen LogP contribution in [-0.4, -0.2) is 22.7 Å². The van der Waals surface area contributed by atoms with Crippen LogP contribution in [0.25, 0.3) is 5.52 Å². The molecule has 0 fully saturated rings. The number of ether oxygens (including phenoxy) is 1. The van der Waals surface area contributed by atoms with Crippen molar-refractivity contribution >= 4 is 33.1 Å². The van der Waals surface area contributed by atoms with Crippen LogP contribution in [0.15, 0.2) is 22.9 Å². The van der Waals surface area contributed by atoms with Crippen LogP contribution in [0.2, 0.25) is 0 Å². The van der Waals surface area contributed by atoms with Gasteiger partial charge in [-0.25, -0.2) is 9.31 Å². The summed E-state index contributed by atoms with van der Waals surface area (Å²) in [4.78, 5) is 11.5. The molecule has 0 aromatic carbocycles. The lowest BCUT2D eigenvalue weighted by atomic mass is 10.2. The number of rotatable bonds is 1. The van der Waals surface area contributed by atoms with Gasteiger partial charge >= 0.3 is 5.97 Å². The molecule has 15 heavy (non-hydrogen) atoms. The number of carbonyl (C=O) groups is 1. The molecule has 0 amide bonds. The number of fused-ring (bicyclic) bond motifs is 1. The molecule has 2 N–H and O–H groups in total. The monoisotopic (exact) mass is 269 g/mol. The van der Waals surface area contributed by atoms with E-state index in [-0.39, 0.29) is 0 Å². The zero-order valence-electron chi connectivity index (χ0n) is 7.90. The second kappa shape index (κ2) is 3.54. The van der Waals surface area contributed by atoms with E-state index in [4.69, 9.17) is 5.73 Å². The number of aromatic nitrogens is 2. The Morgan fingerprint density at radius 2 is 2.40 bits per heavy atom. The topological polar surface area (TPSA) is 69.6 Å². The van der Waals surface area contributed by atoms with Crippen LogP contribution in [0.3, 0.4) is 0 Å². The van der Waals surface area contributed by atoms with E-state index in [0.29, 0.717) is 21.4 Å². The third-order valence-corrected chi connectivity index (χ3v) is 2.62. The van der Waals surface area contributed by atoms with Crippen LogP contribution in [0.1, 0.15) is 10.4 Å². The molecule has 78 valence electrons. The third kappa shape index (κ3) is 1.46. The summed E-state index contributed by atoms with van der Waals surface area (Å²) < 4.78 is 6.92. The minimum Gasteiger partial charge on any atom is -0.465 e. The number of hydrogen-bond donors (Lipinski definition) is 1. The Morgan fingerprint density at radius 3 is 3.07 bits per heavy atom. The molecule has 0 spiro atoms. The Balaban J connectivity index is 2.82. The Morgan fingerprint density at radius 1 is 1.67 bits per heavy atom. The van der Waals surface area contributed by atoms with Crippen LogP contribution in [0.4, 0.5) is 5.69 Å². The smallest absolute Gasteiger partial charge is 0.342 e. The van der Waals surface area contributed by atoms with Crippen molar-refractivity contribution in [2.45, 2.75) is 0 Å². The molecule has 0 bridgehead atoms. The number of carbonyl (C=O) groups excluding carboxylic acids is 1. The first-order valence-corrected chi connectivity index (χ1v) is 4.94. The van der Waals surface area contributed by atoms with Crippen LogP contribution < -0.4 is 5.73 Å². The largest absolute Gasteiger partial charge is 0.465 e. The second-order valence-corrected chi connectivity index (χ2v) is 3.73. The number of esters is 1. The molecule has 0 saturated carbocycles. The van der Waals surface area contributed by atoms with Gasteiger partial charge in [-0.3, -0.25) is 0 Å². The van der Waals surface area contributed by atoms with Crippen molar-refractivity contribution in [3.8, 4) is 0 Å². The minimum atomic E-state index is -0.467. The van der Waals surface area contributed by atoms with Crippen molar-refractivity contribution in [2.75, 3.05) is 12.8 Å². The lowest BCUT2D eigenvalue weighted by Crippen LogP contribution is -2.09. The summed E-state index contributed by atoms with van der Waals surface area (Å²) in [5, 5.41) is 4.04. The van der Waals surface area contributed by atoms with Crippen LogP contribution in [0, 0.1) is 0 Å². The molecule has 0 saturated heterocycles. The quantitative estimate of drug-likeness (QED) is 0.629. The van der Waals surface area contributed by atoms with Gasteiger partial charge in [-0.1, -0.05) is 0 Å². The highest BCUT2D eigenvalue weighted by atomic mass is 79.9. The van der Waals surface area contributed by atoms with E-state index >= 15 is 0 Å². The fraction of sp³-hybridized carbons (Fsp3) is 0.111. The van der Waals surface area contributed by atoms with Crippen molar-refractivity contribution in [3.05, 3.63) is 28.5 Å². The summed E-state index contributed by atoms with van der Waals surface area (Å²) in [7, 11) is 1.32. The third-order valence-electron chi connectivity index (χ3n) is 2.05. The van der Waals surface area contributed by atoms with Gasteiger partial charge in [-0.2, -0.15) is 5.10 Å². The second-order valence-electron chi connectivity index (χ2n) is 2.92. The first-order valence-electron chi connectivity index (χ1n) is 4.15. The van der Waals surface area contributed by atoms with Crippen LogP contribution in [0.5, 0.6) is 0 Å². The number of anilines is 1. The highest BCUT2D eigenvalue weighted by Gasteiger charge is 2.17. The zero-order valence-corrected chi connectivity index (χ0v) is 9.48. The van der Waals surface area contributed by atoms with E-state index in [2.05, 4.69) is 25.8 Å². The molecular formula is C9H8BrN3O2. The van der Waals surface area contributed by atoms with E-state index < -0.39 is 5.97 Å². The van der Waals surface area contributed by atoms with Crippen LogP contribution >= 0.6 is 15.9 Å². The Labute approximate surface area is 94.0 Å². The molecule has 0 unspecified atom stereocenters. The van der Waals surface area contributed by atoms with Gasteiger partial charge in [0.25, 0.3) is 0 Å². The lowest BCUT2D eigenvalue weighted by Gasteiger charge is -2.07. The first kappa shape index (κ1) is 9.97.